The molecule has 1 atom stereocenters. The molecule has 2 aromatic heterocycles. The second-order valence-electron chi connectivity index (χ2n) is 6.60. The lowest BCUT2D eigenvalue weighted by atomic mass is 9.79. The van der Waals surface area contributed by atoms with E-state index < -0.39 is 5.60 Å². The molecule has 1 aliphatic rings. The van der Waals surface area contributed by atoms with Gasteiger partial charge in [0.25, 0.3) is 5.91 Å². The maximum atomic E-state index is 12.6. The Balaban J connectivity index is 1.51. The van der Waals surface area contributed by atoms with Gasteiger partial charge in [-0.25, -0.2) is 9.97 Å². The first-order valence-corrected chi connectivity index (χ1v) is 8.69. The number of aryl methyl sites for hydroxylation is 1. The molecule has 0 bridgehead atoms. The molecule has 1 aromatic carbocycles. The topological polar surface area (TPSA) is 80.0 Å². The van der Waals surface area contributed by atoms with E-state index in [0.29, 0.717) is 17.8 Å². The van der Waals surface area contributed by atoms with Gasteiger partial charge in [-0.05, 0) is 42.5 Å². The molecular formula is C20H20N4O2. The minimum Gasteiger partial charge on any atom is -0.383 e. The Bertz CT molecular complexity index is 923. The number of aromatic nitrogens is 3. The van der Waals surface area contributed by atoms with E-state index in [1.807, 2.05) is 24.3 Å². The highest BCUT2D eigenvalue weighted by Gasteiger charge is 2.34. The second kappa shape index (κ2) is 6.72. The summed E-state index contributed by atoms with van der Waals surface area (Å²) in [7, 11) is 0. The van der Waals surface area contributed by atoms with E-state index >= 15 is 0 Å². The normalized spacial score (nSPS) is 19.0. The molecule has 0 fully saturated rings. The molecule has 6 heteroatoms. The number of pyridine rings is 1. The minimum atomic E-state index is -1.02. The molecule has 4 rings (SSSR count). The summed E-state index contributed by atoms with van der Waals surface area (Å²) in [6.45, 7) is 0.186. The van der Waals surface area contributed by atoms with Gasteiger partial charge in [-0.15, -0.1) is 0 Å². The molecule has 26 heavy (non-hydrogen) atoms. The maximum absolute atomic E-state index is 12.6. The lowest BCUT2D eigenvalue weighted by Gasteiger charge is -2.34. The van der Waals surface area contributed by atoms with Crippen molar-refractivity contribution in [2.45, 2.75) is 24.9 Å². The minimum absolute atomic E-state index is 0.186. The molecule has 3 aromatic rings. The molecule has 0 aliphatic heterocycles. The quantitative estimate of drug-likeness (QED) is 0.758. The second-order valence-corrected chi connectivity index (χ2v) is 6.60. The van der Waals surface area contributed by atoms with Crippen LogP contribution in [0, 0.1) is 0 Å². The van der Waals surface area contributed by atoms with Gasteiger partial charge < -0.3 is 10.4 Å². The van der Waals surface area contributed by atoms with Crippen LogP contribution >= 0.6 is 0 Å². The summed E-state index contributed by atoms with van der Waals surface area (Å²) in [5.74, 6) is 0.391. The number of carbonyl (C=O) groups excluding carboxylic acids is 1. The number of rotatable bonds is 4. The van der Waals surface area contributed by atoms with Crippen LogP contribution in [0.2, 0.25) is 0 Å². The molecule has 2 heterocycles. The van der Waals surface area contributed by atoms with E-state index in [-0.39, 0.29) is 12.5 Å². The highest BCUT2D eigenvalue weighted by molar-refractivity contribution is 5.94. The predicted octanol–water partition coefficient (Wildman–Crippen LogP) is 2.22. The summed E-state index contributed by atoms with van der Waals surface area (Å²) >= 11 is 0. The smallest absolute Gasteiger partial charge is 0.251 e. The molecule has 0 saturated heterocycles. The lowest BCUT2D eigenvalue weighted by Crippen LogP contribution is -2.43. The molecule has 2 N–H and O–H groups in total. The zero-order chi connectivity index (χ0) is 18.0. The predicted molar refractivity (Wildman–Crippen MR) is 97.0 cm³/mol. The van der Waals surface area contributed by atoms with E-state index in [2.05, 4.69) is 15.3 Å². The van der Waals surface area contributed by atoms with Gasteiger partial charge in [0.2, 0.25) is 0 Å². The molecular weight excluding hydrogens is 328 g/mol. The van der Waals surface area contributed by atoms with Crippen molar-refractivity contribution in [2.24, 2.45) is 0 Å². The first-order chi connectivity index (χ1) is 12.7. The number of carbonyl (C=O) groups is 1. The van der Waals surface area contributed by atoms with Crippen molar-refractivity contribution in [1.29, 1.82) is 0 Å². The highest BCUT2D eigenvalue weighted by atomic mass is 16.3. The summed E-state index contributed by atoms with van der Waals surface area (Å²) in [5, 5.41) is 14.0. The average molecular weight is 348 g/mol. The Morgan fingerprint density at radius 1 is 1.27 bits per heavy atom. The summed E-state index contributed by atoms with van der Waals surface area (Å²) in [6.07, 6.45) is 9.16. The Labute approximate surface area is 151 Å². The molecule has 1 aliphatic carbocycles. The van der Waals surface area contributed by atoms with Crippen molar-refractivity contribution < 1.29 is 9.90 Å². The first kappa shape index (κ1) is 16.5. The van der Waals surface area contributed by atoms with Gasteiger partial charge in [0.05, 0.1) is 6.54 Å². The van der Waals surface area contributed by atoms with Crippen LogP contribution in [0.25, 0.3) is 5.82 Å². The van der Waals surface area contributed by atoms with Gasteiger partial charge in [-0.1, -0.05) is 24.3 Å². The van der Waals surface area contributed by atoms with E-state index in [0.717, 1.165) is 24.0 Å². The number of imidazole rings is 1. The number of amides is 1. The third kappa shape index (κ3) is 3.11. The Morgan fingerprint density at radius 2 is 2.15 bits per heavy atom. The third-order valence-corrected chi connectivity index (χ3v) is 4.87. The van der Waals surface area contributed by atoms with Crippen molar-refractivity contribution in [2.75, 3.05) is 6.54 Å². The van der Waals surface area contributed by atoms with Crippen molar-refractivity contribution in [3.05, 3.63) is 78.0 Å². The highest BCUT2D eigenvalue weighted by Crippen LogP contribution is 2.34. The van der Waals surface area contributed by atoms with Gasteiger partial charge in [0.1, 0.15) is 17.7 Å². The van der Waals surface area contributed by atoms with Gasteiger partial charge in [0.15, 0.2) is 0 Å². The summed E-state index contributed by atoms with van der Waals surface area (Å²) < 4.78 is 1.74. The van der Waals surface area contributed by atoms with Crippen LogP contribution in [0.4, 0.5) is 0 Å². The molecule has 132 valence electrons. The molecule has 1 amide bonds. The van der Waals surface area contributed by atoms with Crippen LogP contribution in [0.3, 0.4) is 0 Å². The fraction of sp³-hybridized carbons (Fsp3) is 0.250. The molecule has 1 unspecified atom stereocenters. The maximum Gasteiger partial charge on any atom is 0.251 e. The standard InChI is InChI=1S/C20H20N4O2/c25-19(16-7-9-22-18(12-16)24-11-10-21-14-24)23-13-20(26)8-3-5-15-4-1-2-6-17(15)20/h1-2,4,6-7,9-12,14,26H,3,5,8,13H2,(H,23,25). The molecule has 0 spiro atoms. The fourth-order valence-corrected chi connectivity index (χ4v) is 3.51. The zero-order valence-corrected chi connectivity index (χ0v) is 14.3. The Kier molecular flexibility index (Phi) is 4.26. The van der Waals surface area contributed by atoms with Crippen molar-refractivity contribution >= 4 is 5.91 Å². The van der Waals surface area contributed by atoms with E-state index in [1.165, 1.54) is 0 Å². The van der Waals surface area contributed by atoms with Gasteiger partial charge in [0, 0.05) is 24.2 Å². The van der Waals surface area contributed by atoms with Crippen LogP contribution in [-0.4, -0.2) is 32.1 Å². The van der Waals surface area contributed by atoms with E-state index in [9.17, 15) is 9.90 Å². The largest absolute Gasteiger partial charge is 0.383 e. The first-order valence-electron chi connectivity index (χ1n) is 8.69. The van der Waals surface area contributed by atoms with Crippen molar-refractivity contribution in [3.63, 3.8) is 0 Å². The van der Waals surface area contributed by atoms with E-state index in [1.54, 1.807) is 41.6 Å². The van der Waals surface area contributed by atoms with Gasteiger partial charge >= 0.3 is 0 Å². The van der Waals surface area contributed by atoms with Crippen molar-refractivity contribution in [3.8, 4) is 5.82 Å². The monoisotopic (exact) mass is 348 g/mol. The molecule has 6 nitrogen and oxygen atoms in total. The van der Waals surface area contributed by atoms with Crippen molar-refractivity contribution in [1.82, 2.24) is 19.9 Å². The number of nitrogens with zero attached hydrogens (tertiary/aromatic N) is 3. The number of benzene rings is 1. The average Bonchev–Trinajstić information content (AvgIpc) is 3.22. The number of nitrogens with one attached hydrogen (secondary N) is 1. The summed E-state index contributed by atoms with van der Waals surface area (Å²) in [6, 6.07) is 11.3. The molecule has 0 radical (unpaired) electrons. The van der Waals surface area contributed by atoms with Crippen LogP contribution in [-0.2, 0) is 12.0 Å². The van der Waals surface area contributed by atoms with Crippen LogP contribution in [0.1, 0.15) is 34.3 Å². The molecule has 0 saturated carbocycles. The van der Waals surface area contributed by atoms with Gasteiger partial charge in [-0.2, -0.15) is 0 Å². The number of hydrogen-bond donors (Lipinski definition) is 2. The summed E-state index contributed by atoms with van der Waals surface area (Å²) in [4.78, 5) is 20.8. The number of hydrogen-bond acceptors (Lipinski definition) is 4. The van der Waals surface area contributed by atoms with Gasteiger partial charge in [-0.3, -0.25) is 9.36 Å². The van der Waals surface area contributed by atoms with Crippen LogP contribution in [0.15, 0.2) is 61.3 Å². The fourth-order valence-electron chi connectivity index (χ4n) is 3.51. The van der Waals surface area contributed by atoms with Crippen LogP contribution < -0.4 is 5.32 Å². The summed E-state index contributed by atoms with van der Waals surface area (Å²) in [5.41, 5.74) is 1.55. The van der Waals surface area contributed by atoms with E-state index in [4.69, 9.17) is 0 Å². The lowest BCUT2D eigenvalue weighted by molar-refractivity contribution is 0.0189. The SMILES string of the molecule is O=C(NCC1(O)CCCc2ccccc21)c1ccnc(-n2ccnc2)c1. The van der Waals surface area contributed by atoms with Crippen LogP contribution in [0.5, 0.6) is 0 Å². The third-order valence-electron chi connectivity index (χ3n) is 4.87. The number of fused-ring (bicyclic) bond motifs is 1. The number of aliphatic hydroxyl groups is 1. The Morgan fingerprint density at radius 3 is 3.00 bits per heavy atom. The Hall–Kier alpha value is -2.99. The zero-order valence-electron chi connectivity index (χ0n) is 14.3.